The Balaban J connectivity index is 1.27. The standard InChI is InChI=1S/C54H85FN6O14S/c1-15-40-54(10,67)46(64)30(4)42(62)28(2)23-53(9,70-14)48(31(5)44(32(6)49(66)73-40)74-41-24-52(8,69-13)47(65)33(7)72-41)75-50-43(63)37(22-29(3)71-50)60(11)21-20-36-27-61(59-58-36)38(25-55)45(68-12)35-18-16-34(17-19-35)39-26-57-51(56)76-39/h16-19,26-33,37-38,40-41,43-48,50,63-65,67H,15,20-25H2,1-14H3,(H2,56,57)/t28-,29-,30+,31+,32-,33+,37+,38?,40-,41+,43-,44+,45-,46-,47+,48-,50+,52-,53-,54-/m1/s1. The molecule has 5 heterocycles. The van der Waals surface area contributed by atoms with Crippen LogP contribution in [0.15, 0.2) is 36.7 Å². The summed E-state index contributed by atoms with van der Waals surface area (Å²) in [7, 11) is 6.38. The Morgan fingerprint density at radius 3 is 2.21 bits per heavy atom. The monoisotopic (exact) mass is 1090 g/mol. The molecule has 0 spiro atoms. The number of carbonyl (C=O) groups excluding carboxylic acids is 2. The summed E-state index contributed by atoms with van der Waals surface area (Å²) in [6.07, 6.45) is -6.92. The number of benzene rings is 1. The molecule has 20 nitrogen and oxygen atoms in total. The fourth-order valence-corrected chi connectivity index (χ4v) is 12.3. The SMILES string of the molecule is CC[C@H]1OC(=O)[C@H](C)[C@@H](O[C@H]2C[C@@](C)(OC)[C@@H](O)[C@H](C)O2)[C@H](C)[C@@H](O[C@@H]2O[C@H](C)C[C@H](N(C)CCc3cn(C(CF)[C@H](OC)c4ccc(-c5cnc(N)s5)cc4)nn3)[C@H]2O)[C@](C)(OC)C[C@@H](C)C(=O)[C@H](C)[C@@H](O)[C@]1(C)O. The quantitative estimate of drug-likeness (QED) is 0.108. The fraction of sp³-hybridized carbons (Fsp3) is 0.759. The van der Waals surface area contributed by atoms with Gasteiger partial charge < -0.3 is 69.0 Å². The van der Waals surface area contributed by atoms with Crippen molar-refractivity contribution >= 4 is 28.2 Å². The molecule has 3 saturated heterocycles. The highest BCUT2D eigenvalue weighted by atomic mass is 32.1. The van der Waals surface area contributed by atoms with Gasteiger partial charge in [0.25, 0.3) is 0 Å². The first-order valence-electron chi connectivity index (χ1n) is 26.5. The van der Waals surface area contributed by atoms with E-state index < -0.39 is 133 Å². The van der Waals surface area contributed by atoms with Gasteiger partial charge in [-0.1, -0.05) is 68.5 Å². The largest absolute Gasteiger partial charge is 0.459 e. The highest BCUT2D eigenvalue weighted by Gasteiger charge is 2.54. The van der Waals surface area contributed by atoms with Crippen LogP contribution in [0.2, 0.25) is 0 Å². The third kappa shape index (κ3) is 13.3. The summed E-state index contributed by atoms with van der Waals surface area (Å²) in [6, 6.07) is 6.28. The number of methoxy groups -OCH3 is 3. The Hall–Kier alpha value is -3.62. The Labute approximate surface area is 451 Å². The predicted octanol–water partition coefficient (Wildman–Crippen LogP) is 5.25. The number of aliphatic hydroxyl groups excluding tert-OH is 3. The van der Waals surface area contributed by atoms with Crippen LogP contribution >= 0.6 is 11.3 Å². The topological polar surface area (TPSA) is 262 Å². The average Bonchev–Trinajstić information content (AvgIpc) is 4.07. The number of nitrogens with zero attached hydrogens (tertiary/aromatic N) is 5. The first-order valence-corrected chi connectivity index (χ1v) is 27.3. The minimum Gasteiger partial charge on any atom is -0.459 e. The lowest BCUT2D eigenvalue weighted by molar-refractivity contribution is -0.319. The van der Waals surface area contributed by atoms with E-state index in [1.807, 2.05) is 50.1 Å². The number of rotatable bonds is 17. The van der Waals surface area contributed by atoms with Gasteiger partial charge in [-0.2, -0.15) is 0 Å². The third-order valence-corrected chi connectivity index (χ3v) is 17.5. The van der Waals surface area contributed by atoms with E-state index in [9.17, 15) is 34.4 Å². The summed E-state index contributed by atoms with van der Waals surface area (Å²) >= 11 is 1.37. The molecular formula is C54H85FN6O14S. The van der Waals surface area contributed by atoms with Gasteiger partial charge in [-0.15, -0.1) is 5.10 Å². The average molecular weight is 1090 g/mol. The summed E-state index contributed by atoms with van der Waals surface area (Å²) in [6.45, 7) is 16.5. The summed E-state index contributed by atoms with van der Waals surface area (Å²) in [5.74, 6) is -4.88. The van der Waals surface area contributed by atoms with Crippen LogP contribution in [0.25, 0.3) is 10.4 Å². The van der Waals surface area contributed by atoms with Crippen molar-refractivity contribution in [2.45, 2.75) is 198 Å². The zero-order chi connectivity index (χ0) is 56.2. The summed E-state index contributed by atoms with van der Waals surface area (Å²) < 4.78 is 67.0. The third-order valence-electron chi connectivity index (χ3n) is 16.6. The molecule has 6 rings (SSSR count). The van der Waals surface area contributed by atoms with E-state index in [1.54, 1.807) is 53.9 Å². The Morgan fingerprint density at radius 2 is 1.62 bits per heavy atom. The van der Waals surface area contributed by atoms with E-state index in [0.717, 1.165) is 16.0 Å². The lowest BCUT2D eigenvalue weighted by Gasteiger charge is -2.50. The van der Waals surface area contributed by atoms with Crippen LogP contribution in [0.1, 0.15) is 118 Å². The number of aromatic nitrogens is 4. The van der Waals surface area contributed by atoms with Gasteiger partial charge in [0.1, 0.15) is 48.5 Å². The van der Waals surface area contributed by atoms with Crippen LogP contribution in [0.4, 0.5) is 9.52 Å². The van der Waals surface area contributed by atoms with E-state index >= 15 is 0 Å². The van der Waals surface area contributed by atoms with Crippen molar-refractivity contribution in [1.82, 2.24) is 24.9 Å². The van der Waals surface area contributed by atoms with Crippen molar-refractivity contribution in [3.63, 3.8) is 0 Å². The first-order chi connectivity index (χ1) is 35.8. The molecule has 3 aromatic rings. The summed E-state index contributed by atoms with van der Waals surface area (Å²) in [5, 5.41) is 56.1. The number of nitrogens with two attached hydrogens (primary N) is 1. The normalized spacial score (nSPS) is 38.1. The number of Topliss-reactive ketones (excluding diaryl/α,β-unsaturated/α-hetero) is 1. The lowest BCUT2D eigenvalue weighted by Crippen LogP contribution is -2.61. The molecule has 0 bridgehead atoms. The maximum atomic E-state index is 14.9. The van der Waals surface area contributed by atoms with E-state index in [4.69, 9.17) is 43.6 Å². The van der Waals surface area contributed by atoms with E-state index in [0.29, 0.717) is 30.2 Å². The highest BCUT2D eigenvalue weighted by Crippen LogP contribution is 2.42. The molecule has 0 amide bonds. The molecule has 76 heavy (non-hydrogen) atoms. The number of esters is 1. The second-order valence-corrected chi connectivity index (χ2v) is 23.2. The maximum Gasteiger partial charge on any atom is 0.311 e. The number of likely N-dealkylation sites (N-methyl/N-ethyl adjacent to an activating group) is 1. The molecule has 22 heteroatoms. The molecular weight excluding hydrogens is 1010 g/mol. The van der Waals surface area contributed by atoms with Crippen molar-refractivity contribution < 1.29 is 72.3 Å². The predicted molar refractivity (Wildman–Crippen MR) is 280 cm³/mol. The molecule has 0 saturated carbocycles. The Morgan fingerprint density at radius 1 is 0.947 bits per heavy atom. The number of thiazole rings is 1. The molecule has 3 aliphatic heterocycles. The molecule has 428 valence electrons. The van der Waals surface area contributed by atoms with Gasteiger partial charge in [0.15, 0.2) is 17.7 Å². The van der Waals surface area contributed by atoms with Crippen molar-refractivity contribution in [1.29, 1.82) is 0 Å². The summed E-state index contributed by atoms with van der Waals surface area (Å²) in [5.41, 5.74) is 3.65. The number of cyclic esters (lactones) is 1. The first kappa shape index (κ1) is 61.6. The van der Waals surface area contributed by atoms with Gasteiger partial charge in [0.2, 0.25) is 0 Å². The van der Waals surface area contributed by atoms with Crippen LogP contribution in [0.5, 0.6) is 0 Å². The molecule has 0 radical (unpaired) electrons. The van der Waals surface area contributed by atoms with E-state index in [-0.39, 0.29) is 25.0 Å². The zero-order valence-corrected chi connectivity index (χ0v) is 47.5. The number of hydrogen-bond acceptors (Lipinski definition) is 20. The van der Waals surface area contributed by atoms with Crippen molar-refractivity contribution in [2.75, 3.05) is 47.3 Å². The number of alkyl halides is 1. The fourth-order valence-electron chi connectivity index (χ4n) is 11.6. The van der Waals surface area contributed by atoms with Crippen molar-refractivity contribution in [3.05, 3.63) is 47.9 Å². The molecule has 1 aromatic carbocycles. The van der Waals surface area contributed by atoms with E-state index in [1.165, 1.54) is 51.2 Å². The number of ether oxygens (including phenoxy) is 8. The van der Waals surface area contributed by atoms with Crippen LogP contribution in [-0.4, -0.2) is 183 Å². The second kappa shape index (κ2) is 25.7. The van der Waals surface area contributed by atoms with E-state index in [2.05, 4.69) is 15.3 Å². The van der Waals surface area contributed by atoms with Gasteiger partial charge in [0.05, 0.1) is 58.2 Å². The minimum absolute atomic E-state index is 0.0384. The number of halogens is 1. The Kier molecular flexibility index (Phi) is 20.8. The molecule has 6 N–H and O–H groups in total. The smallest absolute Gasteiger partial charge is 0.311 e. The number of hydrogen-bond donors (Lipinski definition) is 5. The molecule has 0 aliphatic carbocycles. The molecule has 1 unspecified atom stereocenters. The summed E-state index contributed by atoms with van der Waals surface area (Å²) in [4.78, 5) is 35.9. The second-order valence-electron chi connectivity index (χ2n) is 22.2. The Bertz CT molecular complexity index is 2350. The molecule has 3 aliphatic rings. The van der Waals surface area contributed by atoms with Crippen molar-refractivity contribution in [3.8, 4) is 10.4 Å². The number of aliphatic hydroxyl groups is 4. The van der Waals surface area contributed by atoms with Crippen LogP contribution in [0.3, 0.4) is 0 Å². The molecule has 20 atom stereocenters. The van der Waals surface area contributed by atoms with Crippen LogP contribution in [0, 0.1) is 23.7 Å². The lowest BCUT2D eigenvalue weighted by atomic mass is 9.74. The minimum atomic E-state index is -2.02. The van der Waals surface area contributed by atoms with Crippen LogP contribution < -0.4 is 5.73 Å². The van der Waals surface area contributed by atoms with Crippen molar-refractivity contribution in [2.24, 2.45) is 23.7 Å². The maximum absolute atomic E-state index is 14.9. The molecule has 2 aromatic heterocycles. The van der Waals surface area contributed by atoms with Gasteiger partial charge >= 0.3 is 5.97 Å². The molecule has 3 fully saturated rings. The number of ketones is 1. The van der Waals surface area contributed by atoms with Crippen LogP contribution in [-0.2, 0) is 53.9 Å². The van der Waals surface area contributed by atoms with Gasteiger partial charge in [-0.25, -0.2) is 14.1 Å². The van der Waals surface area contributed by atoms with Gasteiger partial charge in [-0.3, -0.25) is 9.59 Å². The number of nitrogen functional groups attached to an aromatic ring is 1. The number of carbonyl (C=O) groups is 2. The zero-order valence-electron chi connectivity index (χ0n) is 46.7. The highest BCUT2D eigenvalue weighted by molar-refractivity contribution is 7.18. The van der Waals surface area contributed by atoms with Gasteiger partial charge in [0, 0.05) is 76.9 Å². The number of anilines is 1. The van der Waals surface area contributed by atoms with Gasteiger partial charge in [-0.05, 0) is 79.0 Å².